The number of benzodiazepines with no additional fused rings is 1. The molecule has 4 rings (SSSR count). The number of amides is 1. The number of esters is 1. The zero-order chi connectivity index (χ0) is 18.6. The first kappa shape index (κ1) is 16.7. The zero-order valence-electron chi connectivity index (χ0n) is 14.3. The van der Waals surface area contributed by atoms with E-state index in [0.717, 1.165) is 11.1 Å². The minimum Gasteiger partial charge on any atom is -0.426 e. The van der Waals surface area contributed by atoms with Crippen LogP contribution in [0.3, 0.4) is 0 Å². The quantitative estimate of drug-likeness (QED) is 0.728. The Morgan fingerprint density at radius 1 is 0.852 bits per heavy atom. The third-order valence-corrected chi connectivity index (χ3v) is 4.19. The summed E-state index contributed by atoms with van der Waals surface area (Å²) in [6.45, 7) is 0. The van der Waals surface area contributed by atoms with Gasteiger partial charge in [-0.3, -0.25) is 4.79 Å². The molecule has 1 aliphatic heterocycles. The topological polar surface area (TPSA) is 67.8 Å². The van der Waals surface area contributed by atoms with Gasteiger partial charge in [0.25, 0.3) is 12.1 Å². The van der Waals surface area contributed by atoms with Gasteiger partial charge >= 0.3 is 5.97 Å². The molecule has 27 heavy (non-hydrogen) atoms. The van der Waals surface area contributed by atoms with Crippen LogP contribution in [0.1, 0.15) is 21.5 Å². The highest BCUT2D eigenvalue weighted by Crippen LogP contribution is 2.24. The summed E-state index contributed by atoms with van der Waals surface area (Å²) in [4.78, 5) is 29.5. The maximum atomic E-state index is 12.6. The fourth-order valence-corrected chi connectivity index (χ4v) is 2.89. The third kappa shape index (κ3) is 3.48. The first-order valence-electron chi connectivity index (χ1n) is 8.52. The van der Waals surface area contributed by atoms with E-state index in [4.69, 9.17) is 4.74 Å². The lowest BCUT2D eigenvalue weighted by Gasteiger charge is -2.12. The lowest BCUT2D eigenvalue weighted by atomic mass is 10.0. The number of fused-ring (bicyclic) bond motifs is 1. The highest BCUT2D eigenvalue weighted by Gasteiger charge is 2.28. The molecule has 0 fully saturated rings. The van der Waals surface area contributed by atoms with Crippen LogP contribution in [-0.4, -0.2) is 23.8 Å². The summed E-state index contributed by atoms with van der Waals surface area (Å²) in [7, 11) is 0. The third-order valence-electron chi connectivity index (χ3n) is 4.19. The van der Waals surface area contributed by atoms with E-state index >= 15 is 0 Å². The molecule has 3 aromatic carbocycles. The molecular weight excluding hydrogens is 340 g/mol. The Morgan fingerprint density at radius 2 is 1.48 bits per heavy atom. The van der Waals surface area contributed by atoms with Crippen LogP contribution in [-0.2, 0) is 9.53 Å². The number of ether oxygens (including phenoxy) is 1. The van der Waals surface area contributed by atoms with E-state index in [-0.39, 0.29) is 0 Å². The second kappa shape index (κ2) is 7.25. The van der Waals surface area contributed by atoms with E-state index in [0.29, 0.717) is 17.0 Å². The van der Waals surface area contributed by atoms with E-state index < -0.39 is 18.1 Å². The normalized spacial score (nSPS) is 15.8. The summed E-state index contributed by atoms with van der Waals surface area (Å²) in [5.74, 6) is -1.09. The summed E-state index contributed by atoms with van der Waals surface area (Å²) in [5.41, 5.74) is 3.19. The van der Waals surface area contributed by atoms with Gasteiger partial charge in [0.05, 0.1) is 17.0 Å². The smallest absolute Gasteiger partial charge is 0.340 e. The Bertz CT molecular complexity index is 1010. The number of hydrogen-bond acceptors (Lipinski definition) is 4. The molecule has 1 unspecified atom stereocenters. The average Bonchev–Trinajstić information content (AvgIpc) is 2.86. The van der Waals surface area contributed by atoms with Crippen LogP contribution >= 0.6 is 0 Å². The zero-order valence-corrected chi connectivity index (χ0v) is 14.3. The summed E-state index contributed by atoms with van der Waals surface area (Å²) in [6, 6.07) is 25.4. The number of rotatable bonds is 3. The SMILES string of the molecule is O=C(OC1N=C(c2ccccc2)c2ccccc2NC1=O)c1ccccc1. The van der Waals surface area contributed by atoms with Gasteiger partial charge in [0.1, 0.15) is 0 Å². The Labute approximate surface area is 156 Å². The van der Waals surface area contributed by atoms with Gasteiger partial charge in [-0.2, -0.15) is 0 Å². The number of carbonyl (C=O) groups is 2. The number of aliphatic imine (C=N–C) groups is 1. The number of nitrogens with zero attached hydrogens (tertiary/aromatic N) is 1. The van der Waals surface area contributed by atoms with Gasteiger partial charge in [-0.15, -0.1) is 0 Å². The molecular formula is C22H16N2O3. The van der Waals surface area contributed by atoms with Crippen molar-refractivity contribution in [2.45, 2.75) is 6.23 Å². The van der Waals surface area contributed by atoms with Gasteiger partial charge < -0.3 is 10.1 Å². The summed E-state index contributed by atoms with van der Waals surface area (Å²) >= 11 is 0. The highest BCUT2D eigenvalue weighted by molar-refractivity contribution is 6.19. The maximum Gasteiger partial charge on any atom is 0.340 e. The second-order valence-corrected chi connectivity index (χ2v) is 6.00. The molecule has 1 amide bonds. The van der Waals surface area contributed by atoms with Crippen molar-refractivity contribution in [2.24, 2.45) is 4.99 Å². The fourth-order valence-electron chi connectivity index (χ4n) is 2.89. The van der Waals surface area contributed by atoms with E-state index in [1.165, 1.54) is 0 Å². The predicted molar refractivity (Wildman–Crippen MR) is 103 cm³/mol. The van der Waals surface area contributed by atoms with Gasteiger partial charge in [-0.25, -0.2) is 9.79 Å². The number of carbonyl (C=O) groups excluding carboxylic acids is 2. The number of nitrogens with one attached hydrogen (secondary N) is 1. The Morgan fingerprint density at radius 3 is 2.22 bits per heavy atom. The van der Waals surface area contributed by atoms with Gasteiger partial charge in [0.15, 0.2) is 0 Å². The monoisotopic (exact) mass is 356 g/mol. The van der Waals surface area contributed by atoms with Crippen LogP contribution in [0, 0.1) is 0 Å². The largest absolute Gasteiger partial charge is 0.426 e. The lowest BCUT2D eigenvalue weighted by molar-refractivity contribution is -0.124. The second-order valence-electron chi connectivity index (χ2n) is 6.00. The van der Waals surface area contributed by atoms with Crippen molar-refractivity contribution < 1.29 is 14.3 Å². The molecule has 0 saturated heterocycles. The molecule has 1 atom stereocenters. The van der Waals surface area contributed by atoms with Crippen molar-refractivity contribution in [3.63, 3.8) is 0 Å². The molecule has 0 saturated carbocycles. The number of benzene rings is 3. The van der Waals surface area contributed by atoms with Crippen molar-refractivity contribution in [3.05, 3.63) is 102 Å². The van der Waals surface area contributed by atoms with Crippen LogP contribution in [0.4, 0.5) is 5.69 Å². The molecule has 5 heteroatoms. The summed E-state index contributed by atoms with van der Waals surface area (Å²) in [5, 5.41) is 2.80. The van der Waals surface area contributed by atoms with Crippen molar-refractivity contribution in [2.75, 3.05) is 5.32 Å². The van der Waals surface area contributed by atoms with Gasteiger partial charge in [-0.1, -0.05) is 66.7 Å². The maximum absolute atomic E-state index is 12.6. The summed E-state index contributed by atoms with van der Waals surface area (Å²) in [6.07, 6.45) is -1.28. The molecule has 0 aliphatic carbocycles. The minimum atomic E-state index is -1.28. The van der Waals surface area contributed by atoms with E-state index in [1.807, 2.05) is 48.5 Å². The molecule has 0 radical (unpaired) electrons. The fraction of sp³-hybridized carbons (Fsp3) is 0.0455. The van der Waals surface area contributed by atoms with Gasteiger partial charge in [-0.05, 0) is 18.2 Å². The molecule has 5 nitrogen and oxygen atoms in total. The molecule has 0 aromatic heterocycles. The van der Waals surface area contributed by atoms with Crippen LogP contribution < -0.4 is 5.32 Å². The first-order chi connectivity index (χ1) is 13.2. The van der Waals surface area contributed by atoms with Crippen LogP contribution in [0.25, 0.3) is 0 Å². The molecule has 1 heterocycles. The molecule has 1 N–H and O–H groups in total. The highest BCUT2D eigenvalue weighted by atomic mass is 16.6. The van der Waals surface area contributed by atoms with Gasteiger partial charge in [0, 0.05) is 11.1 Å². The Balaban J connectivity index is 1.74. The van der Waals surface area contributed by atoms with E-state index in [9.17, 15) is 9.59 Å². The summed E-state index contributed by atoms with van der Waals surface area (Å²) < 4.78 is 5.41. The van der Waals surface area contributed by atoms with Crippen molar-refractivity contribution in [3.8, 4) is 0 Å². The molecule has 3 aromatic rings. The molecule has 132 valence electrons. The number of anilines is 1. The molecule has 1 aliphatic rings. The van der Waals surface area contributed by atoms with Crippen molar-refractivity contribution in [1.82, 2.24) is 0 Å². The van der Waals surface area contributed by atoms with E-state index in [2.05, 4.69) is 10.3 Å². The number of hydrogen-bond donors (Lipinski definition) is 1. The van der Waals surface area contributed by atoms with Crippen LogP contribution in [0.5, 0.6) is 0 Å². The average molecular weight is 356 g/mol. The van der Waals surface area contributed by atoms with Gasteiger partial charge in [0.2, 0.25) is 0 Å². The minimum absolute atomic E-state index is 0.364. The lowest BCUT2D eigenvalue weighted by Crippen LogP contribution is -2.30. The Kier molecular flexibility index (Phi) is 4.49. The van der Waals surface area contributed by atoms with Crippen LogP contribution in [0.2, 0.25) is 0 Å². The first-order valence-corrected chi connectivity index (χ1v) is 8.52. The van der Waals surface area contributed by atoms with Crippen molar-refractivity contribution in [1.29, 1.82) is 0 Å². The molecule has 0 bridgehead atoms. The standard InChI is InChI=1S/C22H16N2O3/c25-20-21(27-22(26)16-11-5-2-6-12-16)24-19(15-9-3-1-4-10-15)17-13-7-8-14-18(17)23-20/h1-14,21H,(H,23,25). The van der Waals surface area contributed by atoms with E-state index in [1.54, 1.807) is 36.4 Å². The number of para-hydroxylation sites is 1. The molecule has 0 spiro atoms. The Hall–Kier alpha value is -3.73. The van der Waals surface area contributed by atoms with Crippen molar-refractivity contribution >= 4 is 23.3 Å². The predicted octanol–water partition coefficient (Wildman–Crippen LogP) is 3.66. The van der Waals surface area contributed by atoms with Crippen LogP contribution in [0.15, 0.2) is 89.9 Å².